The van der Waals surface area contributed by atoms with Gasteiger partial charge in [0, 0.05) is 0 Å². The van der Waals surface area contributed by atoms with Gasteiger partial charge in [-0.2, -0.15) is 0 Å². The average molecular weight is 319 g/mol. The zero-order chi connectivity index (χ0) is 16.3. The summed E-state index contributed by atoms with van der Waals surface area (Å²) in [5.74, 6) is 1.74. The van der Waals surface area contributed by atoms with Crippen LogP contribution in [-0.4, -0.2) is 37.7 Å². The second-order valence-electron chi connectivity index (χ2n) is 6.74. The molecule has 0 radical (unpaired) electrons. The first-order chi connectivity index (χ1) is 11.3. The first-order valence-electron chi connectivity index (χ1n) is 9.48. The molecular formula is C20H34N2O. The molecular weight excluding hydrogens is 284 g/mol. The second-order valence-corrected chi connectivity index (χ2v) is 6.74. The molecule has 23 heavy (non-hydrogen) atoms. The van der Waals surface area contributed by atoms with E-state index < -0.39 is 0 Å². The maximum Gasteiger partial charge on any atom is 0.119 e. The molecule has 1 aliphatic rings. The Balaban J connectivity index is 1.75. The summed E-state index contributed by atoms with van der Waals surface area (Å²) in [6.07, 6.45) is 8.60. The molecule has 0 spiro atoms. The van der Waals surface area contributed by atoms with Gasteiger partial charge in [-0.15, -0.1) is 0 Å². The van der Waals surface area contributed by atoms with Gasteiger partial charge in [0.25, 0.3) is 0 Å². The van der Waals surface area contributed by atoms with E-state index in [-0.39, 0.29) is 0 Å². The van der Waals surface area contributed by atoms with Crippen molar-refractivity contribution < 1.29 is 4.74 Å². The molecule has 1 saturated heterocycles. The number of benzene rings is 1. The third-order valence-corrected chi connectivity index (χ3v) is 4.86. The summed E-state index contributed by atoms with van der Waals surface area (Å²) in [4.78, 5) is 2.62. The lowest BCUT2D eigenvalue weighted by molar-refractivity contribution is 0.208. The Kier molecular flexibility index (Phi) is 8.48. The van der Waals surface area contributed by atoms with Crippen LogP contribution in [0.4, 0.5) is 0 Å². The summed E-state index contributed by atoms with van der Waals surface area (Å²) >= 11 is 0. The van der Waals surface area contributed by atoms with Crippen LogP contribution in [0.5, 0.6) is 5.75 Å². The molecule has 0 atom stereocenters. The summed E-state index contributed by atoms with van der Waals surface area (Å²) < 4.78 is 5.85. The van der Waals surface area contributed by atoms with Crippen molar-refractivity contribution >= 4 is 0 Å². The summed E-state index contributed by atoms with van der Waals surface area (Å²) in [5, 5.41) is 0. The Morgan fingerprint density at radius 1 is 1.13 bits per heavy atom. The quantitative estimate of drug-likeness (QED) is 0.658. The number of nitrogens with two attached hydrogens (primary N) is 1. The number of rotatable bonds is 10. The van der Waals surface area contributed by atoms with E-state index in [2.05, 4.69) is 36.1 Å². The van der Waals surface area contributed by atoms with Gasteiger partial charge in [-0.05, 0) is 81.9 Å². The summed E-state index contributed by atoms with van der Waals surface area (Å²) in [5.41, 5.74) is 7.02. The molecule has 2 rings (SSSR count). The van der Waals surface area contributed by atoms with Crippen molar-refractivity contribution in [1.29, 1.82) is 0 Å². The van der Waals surface area contributed by atoms with Gasteiger partial charge in [-0.1, -0.05) is 31.9 Å². The van der Waals surface area contributed by atoms with E-state index in [0.29, 0.717) is 5.92 Å². The molecule has 1 fully saturated rings. The van der Waals surface area contributed by atoms with E-state index in [1.807, 2.05) is 0 Å². The molecule has 0 unspecified atom stereocenters. The highest BCUT2D eigenvalue weighted by Gasteiger charge is 2.20. The smallest absolute Gasteiger partial charge is 0.119 e. The molecule has 2 N–H and O–H groups in total. The second kappa shape index (κ2) is 10.7. The van der Waals surface area contributed by atoms with Crippen LogP contribution in [0.1, 0.15) is 63.4 Å². The zero-order valence-electron chi connectivity index (χ0n) is 14.8. The fraction of sp³-hybridized carbons (Fsp3) is 0.700. The standard InChI is InChI=1S/C20H34N2O/c1-2-3-16-23-20-9-7-8-19(17-20)18-10-14-22(15-11-18)13-6-4-5-12-21/h7-9,17-18H,2-6,10-16,21H2,1H3. The summed E-state index contributed by atoms with van der Waals surface area (Å²) in [6.45, 7) is 7.57. The number of hydrogen-bond donors (Lipinski definition) is 1. The van der Waals surface area contributed by atoms with E-state index in [9.17, 15) is 0 Å². The lowest BCUT2D eigenvalue weighted by Crippen LogP contribution is -2.33. The van der Waals surface area contributed by atoms with Crippen LogP contribution in [0.2, 0.25) is 0 Å². The minimum Gasteiger partial charge on any atom is -0.494 e. The maximum atomic E-state index is 5.85. The van der Waals surface area contributed by atoms with Crippen LogP contribution in [0.3, 0.4) is 0 Å². The Hall–Kier alpha value is -1.06. The number of ether oxygens (including phenoxy) is 1. The van der Waals surface area contributed by atoms with Gasteiger partial charge in [0.2, 0.25) is 0 Å². The topological polar surface area (TPSA) is 38.5 Å². The highest BCUT2D eigenvalue weighted by molar-refractivity contribution is 5.31. The summed E-state index contributed by atoms with van der Waals surface area (Å²) in [7, 11) is 0. The molecule has 130 valence electrons. The van der Waals surface area contributed by atoms with Gasteiger partial charge in [0.15, 0.2) is 0 Å². The molecule has 1 aromatic rings. The molecule has 3 nitrogen and oxygen atoms in total. The van der Waals surface area contributed by atoms with E-state index in [0.717, 1.165) is 25.3 Å². The Labute approximate surface area is 142 Å². The molecule has 3 heteroatoms. The molecule has 0 saturated carbocycles. The monoisotopic (exact) mass is 318 g/mol. The lowest BCUT2D eigenvalue weighted by atomic mass is 9.89. The highest BCUT2D eigenvalue weighted by atomic mass is 16.5. The first kappa shape index (κ1) is 18.3. The van der Waals surface area contributed by atoms with E-state index in [4.69, 9.17) is 10.5 Å². The zero-order valence-corrected chi connectivity index (χ0v) is 14.8. The summed E-state index contributed by atoms with van der Waals surface area (Å²) in [6, 6.07) is 8.77. The van der Waals surface area contributed by atoms with Crippen molar-refractivity contribution in [3.8, 4) is 5.75 Å². The van der Waals surface area contributed by atoms with Gasteiger partial charge in [0.1, 0.15) is 5.75 Å². The predicted molar refractivity (Wildman–Crippen MR) is 98.2 cm³/mol. The van der Waals surface area contributed by atoms with Crippen LogP contribution < -0.4 is 10.5 Å². The van der Waals surface area contributed by atoms with Gasteiger partial charge in [-0.25, -0.2) is 0 Å². The average Bonchev–Trinajstić information content (AvgIpc) is 2.60. The van der Waals surface area contributed by atoms with Gasteiger partial charge >= 0.3 is 0 Å². The number of likely N-dealkylation sites (tertiary alicyclic amines) is 1. The molecule has 0 bridgehead atoms. The molecule has 1 aliphatic heterocycles. The van der Waals surface area contributed by atoms with E-state index in [1.54, 1.807) is 0 Å². The van der Waals surface area contributed by atoms with Crippen molar-refractivity contribution in [3.63, 3.8) is 0 Å². The fourth-order valence-electron chi connectivity index (χ4n) is 3.34. The van der Waals surface area contributed by atoms with Crippen LogP contribution in [-0.2, 0) is 0 Å². The molecule has 1 aromatic carbocycles. The van der Waals surface area contributed by atoms with E-state index in [1.165, 1.54) is 63.7 Å². The van der Waals surface area contributed by atoms with Gasteiger partial charge in [-0.3, -0.25) is 0 Å². The minimum absolute atomic E-state index is 0.699. The van der Waals surface area contributed by atoms with Crippen molar-refractivity contribution in [1.82, 2.24) is 4.90 Å². The number of hydrogen-bond acceptors (Lipinski definition) is 3. The lowest BCUT2D eigenvalue weighted by Gasteiger charge is -2.32. The van der Waals surface area contributed by atoms with Gasteiger partial charge < -0.3 is 15.4 Å². The van der Waals surface area contributed by atoms with Crippen molar-refractivity contribution in [3.05, 3.63) is 29.8 Å². The predicted octanol–water partition coefficient (Wildman–Crippen LogP) is 4.17. The normalized spacial score (nSPS) is 16.6. The fourth-order valence-corrected chi connectivity index (χ4v) is 3.34. The SMILES string of the molecule is CCCCOc1cccc(C2CCN(CCCCCN)CC2)c1. The Morgan fingerprint density at radius 2 is 1.96 bits per heavy atom. The third kappa shape index (κ3) is 6.52. The van der Waals surface area contributed by atoms with Crippen LogP contribution in [0, 0.1) is 0 Å². The molecule has 1 heterocycles. The van der Waals surface area contributed by atoms with Crippen molar-refractivity contribution in [2.24, 2.45) is 5.73 Å². The number of piperidine rings is 1. The third-order valence-electron chi connectivity index (χ3n) is 4.86. The van der Waals surface area contributed by atoms with Crippen molar-refractivity contribution in [2.45, 2.75) is 57.8 Å². The number of unbranched alkanes of at least 4 members (excludes halogenated alkanes) is 3. The molecule has 0 aromatic heterocycles. The van der Waals surface area contributed by atoms with E-state index >= 15 is 0 Å². The van der Waals surface area contributed by atoms with Crippen LogP contribution in [0.15, 0.2) is 24.3 Å². The highest BCUT2D eigenvalue weighted by Crippen LogP contribution is 2.30. The largest absolute Gasteiger partial charge is 0.494 e. The molecule has 0 aliphatic carbocycles. The van der Waals surface area contributed by atoms with Gasteiger partial charge in [0.05, 0.1) is 6.61 Å². The van der Waals surface area contributed by atoms with Crippen LogP contribution >= 0.6 is 0 Å². The van der Waals surface area contributed by atoms with Crippen molar-refractivity contribution in [2.75, 3.05) is 32.8 Å². The molecule has 0 amide bonds. The minimum atomic E-state index is 0.699. The Bertz CT molecular complexity index is 427. The Morgan fingerprint density at radius 3 is 2.70 bits per heavy atom. The maximum absolute atomic E-state index is 5.85. The first-order valence-corrected chi connectivity index (χ1v) is 9.48. The number of nitrogens with zero attached hydrogens (tertiary/aromatic N) is 1. The van der Waals surface area contributed by atoms with Crippen LogP contribution in [0.25, 0.3) is 0 Å².